The van der Waals surface area contributed by atoms with E-state index in [0.29, 0.717) is 12.3 Å². The SMILES string of the molecule is CCOC(=O)c1ccc2c(ccc3cc(OC)ccc32)n1. The van der Waals surface area contributed by atoms with Gasteiger partial charge in [-0.15, -0.1) is 0 Å². The molecule has 0 saturated heterocycles. The van der Waals surface area contributed by atoms with E-state index < -0.39 is 5.97 Å². The zero-order valence-corrected chi connectivity index (χ0v) is 11.9. The molecule has 0 fully saturated rings. The maximum Gasteiger partial charge on any atom is 0.356 e. The van der Waals surface area contributed by atoms with Gasteiger partial charge in [0.15, 0.2) is 0 Å². The van der Waals surface area contributed by atoms with Crippen molar-refractivity contribution in [2.75, 3.05) is 13.7 Å². The van der Waals surface area contributed by atoms with Crippen molar-refractivity contribution in [3.63, 3.8) is 0 Å². The Morgan fingerprint density at radius 1 is 1.10 bits per heavy atom. The Hall–Kier alpha value is -2.62. The van der Waals surface area contributed by atoms with Crippen LogP contribution in [0.2, 0.25) is 0 Å². The Bertz CT molecular complexity index is 827. The number of benzene rings is 2. The average Bonchev–Trinajstić information content (AvgIpc) is 2.53. The van der Waals surface area contributed by atoms with Crippen LogP contribution >= 0.6 is 0 Å². The van der Waals surface area contributed by atoms with Crippen molar-refractivity contribution in [1.29, 1.82) is 0 Å². The molecule has 0 spiro atoms. The lowest BCUT2D eigenvalue weighted by Crippen LogP contribution is -2.06. The lowest BCUT2D eigenvalue weighted by atomic mass is 10.0. The van der Waals surface area contributed by atoms with Gasteiger partial charge in [-0.2, -0.15) is 0 Å². The molecule has 0 radical (unpaired) electrons. The molecule has 106 valence electrons. The maximum absolute atomic E-state index is 11.7. The van der Waals surface area contributed by atoms with E-state index in [1.54, 1.807) is 20.1 Å². The molecule has 4 nitrogen and oxygen atoms in total. The number of esters is 1. The second kappa shape index (κ2) is 5.40. The fraction of sp³-hybridized carbons (Fsp3) is 0.176. The first kappa shape index (κ1) is 13.4. The smallest absolute Gasteiger partial charge is 0.356 e. The Kier molecular flexibility index (Phi) is 3.44. The summed E-state index contributed by atoms with van der Waals surface area (Å²) in [6.07, 6.45) is 0. The molecular formula is C17H15NO3. The van der Waals surface area contributed by atoms with Gasteiger partial charge in [-0.05, 0) is 48.0 Å². The van der Waals surface area contributed by atoms with Crippen LogP contribution in [0.15, 0.2) is 42.5 Å². The van der Waals surface area contributed by atoms with Gasteiger partial charge in [-0.3, -0.25) is 0 Å². The molecule has 4 heteroatoms. The first-order chi connectivity index (χ1) is 10.2. The second-order valence-electron chi connectivity index (χ2n) is 4.64. The number of ether oxygens (including phenoxy) is 2. The van der Waals surface area contributed by atoms with Gasteiger partial charge in [0.25, 0.3) is 0 Å². The number of nitrogens with zero attached hydrogens (tertiary/aromatic N) is 1. The third-order valence-electron chi connectivity index (χ3n) is 3.38. The lowest BCUT2D eigenvalue weighted by molar-refractivity contribution is 0.0520. The summed E-state index contributed by atoms with van der Waals surface area (Å²) in [6.45, 7) is 2.12. The highest BCUT2D eigenvalue weighted by atomic mass is 16.5. The van der Waals surface area contributed by atoms with Crippen molar-refractivity contribution >= 4 is 27.6 Å². The van der Waals surface area contributed by atoms with Gasteiger partial charge in [-0.1, -0.05) is 12.1 Å². The minimum Gasteiger partial charge on any atom is -0.497 e. The monoisotopic (exact) mass is 281 g/mol. The summed E-state index contributed by atoms with van der Waals surface area (Å²) >= 11 is 0. The molecule has 1 aromatic heterocycles. The van der Waals surface area contributed by atoms with Crippen LogP contribution in [0, 0.1) is 0 Å². The molecule has 0 atom stereocenters. The van der Waals surface area contributed by atoms with Crippen LogP contribution in [0.4, 0.5) is 0 Å². The van der Waals surface area contributed by atoms with Crippen molar-refractivity contribution in [2.24, 2.45) is 0 Å². The minimum absolute atomic E-state index is 0.331. The molecule has 1 heterocycles. The molecule has 0 amide bonds. The number of hydrogen-bond acceptors (Lipinski definition) is 4. The molecule has 0 N–H and O–H groups in total. The Morgan fingerprint density at radius 3 is 2.67 bits per heavy atom. The fourth-order valence-electron chi connectivity index (χ4n) is 2.37. The summed E-state index contributed by atoms with van der Waals surface area (Å²) in [7, 11) is 1.65. The molecule has 0 saturated carbocycles. The Balaban J connectivity index is 2.16. The molecule has 21 heavy (non-hydrogen) atoms. The first-order valence-corrected chi connectivity index (χ1v) is 6.77. The summed E-state index contributed by atoms with van der Waals surface area (Å²) in [6, 6.07) is 13.4. The average molecular weight is 281 g/mol. The predicted octanol–water partition coefficient (Wildman–Crippen LogP) is 3.57. The topological polar surface area (TPSA) is 48.4 Å². The van der Waals surface area contributed by atoms with E-state index in [0.717, 1.165) is 27.4 Å². The highest BCUT2D eigenvalue weighted by molar-refractivity contribution is 6.07. The van der Waals surface area contributed by atoms with Crippen molar-refractivity contribution in [3.05, 3.63) is 48.2 Å². The predicted molar refractivity (Wildman–Crippen MR) is 81.8 cm³/mol. The van der Waals surface area contributed by atoms with E-state index in [1.165, 1.54) is 0 Å². The van der Waals surface area contributed by atoms with Crippen LogP contribution in [-0.2, 0) is 4.74 Å². The highest BCUT2D eigenvalue weighted by Crippen LogP contribution is 2.27. The van der Waals surface area contributed by atoms with Gasteiger partial charge < -0.3 is 9.47 Å². The van der Waals surface area contributed by atoms with E-state index in [9.17, 15) is 4.79 Å². The second-order valence-corrected chi connectivity index (χ2v) is 4.64. The van der Waals surface area contributed by atoms with E-state index in [2.05, 4.69) is 4.98 Å². The third kappa shape index (κ3) is 2.40. The van der Waals surface area contributed by atoms with Crippen LogP contribution in [0.1, 0.15) is 17.4 Å². The van der Waals surface area contributed by atoms with Crippen LogP contribution < -0.4 is 4.74 Å². The highest BCUT2D eigenvalue weighted by Gasteiger charge is 2.10. The van der Waals surface area contributed by atoms with Crippen molar-refractivity contribution in [3.8, 4) is 5.75 Å². The number of fused-ring (bicyclic) bond motifs is 3. The summed E-state index contributed by atoms with van der Waals surface area (Å²) in [4.78, 5) is 16.1. The number of hydrogen-bond donors (Lipinski definition) is 0. The quantitative estimate of drug-likeness (QED) is 0.544. The number of carbonyl (C=O) groups is 1. The van der Waals surface area contributed by atoms with Crippen LogP contribution in [0.25, 0.3) is 21.7 Å². The number of methoxy groups -OCH3 is 1. The molecule has 3 rings (SSSR count). The largest absolute Gasteiger partial charge is 0.497 e. The van der Waals surface area contributed by atoms with Crippen molar-refractivity contribution in [1.82, 2.24) is 4.98 Å². The molecule has 2 aromatic carbocycles. The molecular weight excluding hydrogens is 266 g/mol. The van der Waals surface area contributed by atoms with E-state index >= 15 is 0 Å². The van der Waals surface area contributed by atoms with Gasteiger partial charge in [-0.25, -0.2) is 9.78 Å². The zero-order valence-electron chi connectivity index (χ0n) is 11.9. The van der Waals surface area contributed by atoms with Gasteiger partial charge in [0, 0.05) is 5.39 Å². The lowest BCUT2D eigenvalue weighted by Gasteiger charge is -2.07. The van der Waals surface area contributed by atoms with Gasteiger partial charge in [0.2, 0.25) is 0 Å². The Morgan fingerprint density at radius 2 is 1.90 bits per heavy atom. The minimum atomic E-state index is -0.394. The molecule has 0 aliphatic rings. The molecule has 0 bridgehead atoms. The van der Waals surface area contributed by atoms with Gasteiger partial charge in [0.1, 0.15) is 11.4 Å². The Labute approximate surface area is 122 Å². The first-order valence-electron chi connectivity index (χ1n) is 6.77. The van der Waals surface area contributed by atoms with Gasteiger partial charge >= 0.3 is 5.97 Å². The third-order valence-corrected chi connectivity index (χ3v) is 3.38. The number of rotatable bonds is 3. The molecule has 3 aromatic rings. The summed E-state index contributed by atoms with van der Waals surface area (Å²) in [5.74, 6) is 0.423. The standard InChI is InChI=1S/C17H15NO3/c1-3-21-17(19)16-9-7-14-13-6-5-12(20-2)10-11(13)4-8-15(14)18-16/h4-10H,3H2,1-2H3. The number of carbonyl (C=O) groups excluding carboxylic acids is 1. The fourth-order valence-corrected chi connectivity index (χ4v) is 2.37. The summed E-state index contributed by atoms with van der Waals surface area (Å²) in [5, 5.41) is 3.16. The summed E-state index contributed by atoms with van der Waals surface area (Å²) < 4.78 is 10.2. The molecule has 0 aliphatic heterocycles. The summed E-state index contributed by atoms with van der Waals surface area (Å²) in [5.41, 5.74) is 1.11. The van der Waals surface area contributed by atoms with Crippen LogP contribution in [0.5, 0.6) is 5.75 Å². The van der Waals surface area contributed by atoms with Gasteiger partial charge in [0.05, 0.1) is 19.2 Å². The van der Waals surface area contributed by atoms with Crippen molar-refractivity contribution in [2.45, 2.75) is 6.92 Å². The number of pyridine rings is 1. The zero-order chi connectivity index (χ0) is 14.8. The van der Waals surface area contributed by atoms with Crippen LogP contribution in [-0.4, -0.2) is 24.7 Å². The van der Waals surface area contributed by atoms with E-state index in [-0.39, 0.29) is 0 Å². The van der Waals surface area contributed by atoms with Crippen LogP contribution in [0.3, 0.4) is 0 Å². The maximum atomic E-state index is 11.7. The van der Waals surface area contributed by atoms with Crippen molar-refractivity contribution < 1.29 is 14.3 Å². The molecule has 0 aliphatic carbocycles. The van der Waals surface area contributed by atoms with E-state index in [4.69, 9.17) is 9.47 Å². The van der Waals surface area contributed by atoms with E-state index in [1.807, 2.05) is 36.4 Å². The number of aromatic nitrogens is 1. The molecule has 0 unspecified atom stereocenters. The normalized spacial score (nSPS) is 10.8.